The van der Waals surface area contributed by atoms with Crippen LogP contribution >= 0.6 is 0 Å². The van der Waals surface area contributed by atoms with Crippen molar-refractivity contribution in [1.29, 1.82) is 0 Å². The fourth-order valence-corrected chi connectivity index (χ4v) is 2.59. The number of benzene rings is 2. The van der Waals surface area contributed by atoms with Gasteiger partial charge in [-0.2, -0.15) is 0 Å². The Morgan fingerprint density at radius 1 is 1.00 bits per heavy atom. The van der Waals surface area contributed by atoms with Crippen molar-refractivity contribution < 1.29 is 4.79 Å². The van der Waals surface area contributed by atoms with Crippen LogP contribution in [-0.2, 0) is 11.3 Å². The van der Waals surface area contributed by atoms with Crippen LogP contribution in [0, 0.1) is 0 Å². The van der Waals surface area contributed by atoms with Gasteiger partial charge in [0.15, 0.2) is 0 Å². The molecule has 0 aliphatic carbocycles. The lowest BCUT2D eigenvalue weighted by Gasteiger charge is -2.33. The molecule has 20 heavy (non-hydrogen) atoms. The average Bonchev–Trinajstić information content (AvgIpc) is 2.51. The maximum Gasteiger partial charge on any atom is 0.244 e. The molecule has 1 heterocycles. The molecule has 0 unspecified atom stereocenters. The van der Waals surface area contributed by atoms with Crippen molar-refractivity contribution in [1.82, 2.24) is 10.2 Å². The number of hydrogen-bond acceptors (Lipinski definition) is 2. The van der Waals surface area contributed by atoms with E-state index in [9.17, 15) is 4.79 Å². The third-order valence-electron chi connectivity index (χ3n) is 3.64. The van der Waals surface area contributed by atoms with Crippen LogP contribution in [0.1, 0.15) is 17.2 Å². The zero-order valence-electron chi connectivity index (χ0n) is 11.3. The Labute approximate surface area is 119 Å². The Kier molecular flexibility index (Phi) is 3.79. The molecule has 1 saturated heterocycles. The molecule has 102 valence electrons. The molecule has 1 aliphatic heterocycles. The predicted octanol–water partition coefficient (Wildman–Crippen LogP) is 2.36. The van der Waals surface area contributed by atoms with E-state index in [0.29, 0.717) is 6.54 Å². The van der Waals surface area contributed by atoms with Gasteiger partial charge in [0.05, 0.1) is 0 Å². The molecule has 3 nitrogen and oxygen atoms in total. The second-order valence-electron chi connectivity index (χ2n) is 5.04. The highest BCUT2D eigenvalue weighted by Crippen LogP contribution is 2.19. The molecule has 3 rings (SSSR count). The summed E-state index contributed by atoms with van der Waals surface area (Å²) in [6.07, 6.45) is 0. The molecule has 2 aromatic rings. The van der Waals surface area contributed by atoms with E-state index in [0.717, 1.165) is 18.7 Å². The lowest BCUT2D eigenvalue weighted by atomic mass is 10.0. The summed E-state index contributed by atoms with van der Waals surface area (Å²) in [4.78, 5) is 14.5. The Morgan fingerprint density at radius 2 is 1.65 bits per heavy atom. The Morgan fingerprint density at radius 3 is 2.35 bits per heavy atom. The zero-order chi connectivity index (χ0) is 13.8. The van der Waals surface area contributed by atoms with Crippen molar-refractivity contribution in [2.45, 2.75) is 12.6 Å². The van der Waals surface area contributed by atoms with Gasteiger partial charge in [0.1, 0.15) is 6.04 Å². The largest absolute Gasteiger partial charge is 0.335 e. The highest BCUT2D eigenvalue weighted by Gasteiger charge is 2.29. The van der Waals surface area contributed by atoms with Crippen LogP contribution in [0.25, 0.3) is 0 Å². The summed E-state index contributed by atoms with van der Waals surface area (Å²) in [6.45, 7) is 2.28. The summed E-state index contributed by atoms with van der Waals surface area (Å²) >= 11 is 0. The maximum atomic E-state index is 12.6. The van der Waals surface area contributed by atoms with Gasteiger partial charge in [-0.05, 0) is 11.1 Å². The number of amides is 1. The molecular formula is C17H18N2O. The Hall–Kier alpha value is -2.13. The molecule has 2 aromatic carbocycles. The van der Waals surface area contributed by atoms with Crippen LogP contribution in [-0.4, -0.2) is 23.9 Å². The minimum Gasteiger partial charge on any atom is -0.335 e. The highest BCUT2D eigenvalue weighted by atomic mass is 16.2. The summed E-state index contributed by atoms with van der Waals surface area (Å²) in [5.41, 5.74) is 2.21. The maximum absolute atomic E-state index is 12.6. The number of rotatable bonds is 3. The van der Waals surface area contributed by atoms with E-state index >= 15 is 0 Å². The van der Waals surface area contributed by atoms with Crippen LogP contribution in [0.5, 0.6) is 0 Å². The molecular weight excluding hydrogens is 248 g/mol. The van der Waals surface area contributed by atoms with Crippen molar-refractivity contribution in [3.05, 3.63) is 71.8 Å². The SMILES string of the molecule is O=C1[C@@H](c2ccccc2)NCCN1Cc1ccccc1. The van der Waals surface area contributed by atoms with Crippen molar-refractivity contribution in [3.8, 4) is 0 Å². The topological polar surface area (TPSA) is 32.3 Å². The standard InChI is InChI=1S/C17H18N2O/c20-17-16(15-9-5-2-6-10-15)18-11-12-19(17)13-14-7-3-1-4-8-14/h1-10,16,18H,11-13H2/t16-/m1/s1. The second kappa shape index (κ2) is 5.88. The van der Waals surface area contributed by atoms with Gasteiger partial charge in [-0.3, -0.25) is 4.79 Å². The molecule has 1 fully saturated rings. The molecule has 3 heteroatoms. The summed E-state index contributed by atoms with van der Waals surface area (Å²) < 4.78 is 0. The van der Waals surface area contributed by atoms with E-state index < -0.39 is 0 Å². The fraction of sp³-hybridized carbons (Fsp3) is 0.235. The van der Waals surface area contributed by atoms with Crippen LogP contribution in [0.15, 0.2) is 60.7 Å². The summed E-state index contributed by atoms with van der Waals surface area (Å²) in [7, 11) is 0. The normalized spacial score (nSPS) is 19.1. The lowest BCUT2D eigenvalue weighted by molar-refractivity contribution is -0.136. The molecule has 1 N–H and O–H groups in total. The zero-order valence-corrected chi connectivity index (χ0v) is 11.3. The van der Waals surface area contributed by atoms with E-state index in [1.54, 1.807) is 0 Å². The Balaban J connectivity index is 1.76. The molecule has 0 bridgehead atoms. The number of carbonyl (C=O) groups is 1. The lowest BCUT2D eigenvalue weighted by Crippen LogP contribution is -2.49. The monoisotopic (exact) mass is 266 g/mol. The van der Waals surface area contributed by atoms with Crippen LogP contribution in [0.2, 0.25) is 0 Å². The molecule has 1 aliphatic rings. The van der Waals surface area contributed by atoms with Crippen LogP contribution in [0.4, 0.5) is 0 Å². The van der Waals surface area contributed by atoms with Gasteiger partial charge in [-0.15, -0.1) is 0 Å². The van der Waals surface area contributed by atoms with E-state index in [4.69, 9.17) is 0 Å². The number of piperazine rings is 1. The fourth-order valence-electron chi connectivity index (χ4n) is 2.59. The average molecular weight is 266 g/mol. The second-order valence-corrected chi connectivity index (χ2v) is 5.04. The van der Waals surface area contributed by atoms with Crippen molar-refractivity contribution in [2.24, 2.45) is 0 Å². The summed E-state index contributed by atoms with van der Waals surface area (Å²) in [5, 5.41) is 3.31. The third-order valence-corrected chi connectivity index (χ3v) is 3.64. The molecule has 1 amide bonds. The number of hydrogen-bond donors (Lipinski definition) is 1. The van der Waals surface area contributed by atoms with Crippen LogP contribution < -0.4 is 5.32 Å². The first kappa shape index (κ1) is 12.9. The van der Waals surface area contributed by atoms with Crippen molar-refractivity contribution in [2.75, 3.05) is 13.1 Å². The minimum absolute atomic E-state index is 0.159. The van der Waals surface area contributed by atoms with Gasteiger partial charge in [0, 0.05) is 19.6 Å². The van der Waals surface area contributed by atoms with Crippen LogP contribution in [0.3, 0.4) is 0 Å². The van der Waals surface area contributed by atoms with Gasteiger partial charge in [0.25, 0.3) is 0 Å². The van der Waals surface area contributed by atoms with E-state index in [2.05, 4.69) is 17.4 Å². The quantitative estimate of drug-likeness (QED) is 0.925. The number of nitrogens with one attached hydrogen (secondary N) is 1. The summed E-state index contributed by atoms with van der Waals surface area (Å²) in [5.74, 6) is 0.159. The smallest absolute Gasteiger partial charge is 0.244 e. The molecule has 0 aromatic heterocycles. The van der Waals surface area contributed by atoms with Crippen molar-refractivity contribution >= 4 is 5.91 Å². The molecule has 1 atom stereocenters. The van der Waals surface area contributed by atoms with Gasteiger partial charge in [-0.25, -0.2) is 0 Å². The van der Waals surface area contributed by atoms with Gasteiger partial charge in [-0.1, -0.05) is 60.7 Å². The Bertz CT molecular complexity index is 568. The number of carbonyl (C=O) groups excluding carboxylic acids is 1. The summed E-state index contributed by atoms with van der Waals surface area (Å²) in [6, 6.07) is 19.8. The third kappa shape index (κ3) is 2.73. The first-order chi connectivity index (χ1) is 9.84. The minimum atomic E-state index is -0.214. The number of nitrogens with zero attached hydrogens (tertiary/aromatic N) is 1. The molecule has 0 saturated carbocycles. The van der Waals surface area contributed by atoms with Gasteiger partial charge < -0.3 is 10.2 Å². The van der Waals surface area contributed by atoms with E-state index in [1.807, 2.05) is 53.4 Å². The van der Waals surface area contributed by atoms with Gasteiger partial charge in [0.2, 0.25) is 5.91 Å². The first-order valence-electron chi connectivity index (χ1n) is 6.95. The van der Waals surface area contributed by atoms with E-state index in [-0.39, 0.29) is 11.9 Å². The highest BCUT2D eigenvalue weighted by molar-refractivity contribution is 5.84. The van der Waals surface area contributed by atoms with Gasteiger partial charge >= 0.3 is 0 Å². The predicted molar refractivity (Wildman–Crippen MR) is 79.0 cm³/mol. The van der Waals surface area contributed by atoms with Crippen molar-refractivity contribution in [3.63, 3.8) is 0 Å². The molecule has 0 radical (unpaired) electrons. The van der Waals surface area contributed by atoms with E-state index in [1.165, 1.54) is 5.56 Å². The first-order valence-corrected chi connectivity index (χ1v) is 6.95. The molecule has 0 spiro atoms.